The van der Waals surface area contributed by atoms with E-state index < -0.39 is 11.0 Å². The van der Waals surface area contributed by atoms with Gasteiger partial charge in [0.2, 0.25) is 0 Å². The van der Waals surface area contributed by atoms with Crippen molar-refractivity contribution in [3.05, 3.63) is 66.5 Å². The smallest absolute Gasteiger partial charge is 0.255 e. The molecule has 1 N–H and O–H groups in total. The Morgan fingerprint density at radius 1 is 1.08 bits per heavy atom. The van der Waals surface area contributed by atoms with Crippen LogP contribution in [-0.4, -0.2) is 27.4 Å². The molecule has 2 heterocycles. The van der Waals surface area contributed by atoms with Gasteiger partial charge in [0.25, 0.3) is 5.91 Å². The molecule has 2 aromatic carbocycles. The van der Waals surface area contributed by atoms with Crippen molar-refractivity contribution in [2.45, 2.75) is 6.42 Å². The lowest BCUT2D eigenvalue weighted by molar-refractivity contribution is 0.102. The number of carbonyl (C=O) groups excluding carboxylic acids is 1. The largest absolute Gasteiger partial charge is 0.322 e. The SMILES string of the molecule is O=C(Nc1ccc2cnccc2c1)c1ccc(N2CCCS2=O)cc1. The minimum Gasteiger partial charge on any atom is -0.322 e. The maximum absolute atomic E-state index is 12.5. The van der Waals surface area contributed by atoms with Gasteiger partial charge in [0.05, 0.1) is 0 Å². The standard InChI is InChI=1S/C19H17N3O2S/c23-19(21-17-5-2-16-13-20-9-8-15(16)12-17)14-3-6-18(7-4-14)22-10-1-11-25(22)24/h2-9,12-13H,1,10-11H2,(H,21,23). The van der Waals surface area contributed by atoms with Crippen LogP contribution in [0.5, 0.6) is 0 Å². The molecule has 3 aromatic rings. The summed E-state index contributed by atoms with van der Waals surface area (Å²) in [6, 6.07) is 14.9. The molecule has 1 aromatic heterocycles. The molecule has 6 heteroatoms. The summed E-state index contributed by atoms with van der Waals surface area (Å²) in [6.07, 6.45) is 4.46. The Morgan fingerprint density at radius 2 is 1.92 bits per heavy atom. The van der Waals surface area contributed by atoms with Gasteiger partial charge in [0.1, 0.15) is 11.0 Å². The second kappa shape index (κ2) is 6.64. The van der Waals surface area contributed by atoms with Crippen molar-refractivity contribution in [1.82, 2.24) is 4.98 Å². The van der Waals surface area contributed by atoms with E-state index in [1.54, 1.807) is 24.5 Å². The molecule has 1 saturated heterocycles. The number of pyridine rings is 1. The quantitative estimate of drug-likeness (QED) is 0.787. The number of hydrogen-bond acceptors (Lipinski definition) is 3. The fourth-order valence-corrected chi connectivity index (χ4v) is 4.22. The highest BCUT2D eigenvalue weighted by Crippen LogP contribution is 2.23. The van der Waals surface area contributed by atoms with Gasteiger partial charge >= 0.3 is 0 Å². The van der Waals surface area contributed by atoms with Crippen molar-refractivity contribution in [2.75, 3.05) is 21.9 Å². The van der Waals surface area contributed by atoms with Crippen molar-refractivity contribution in [3.8, 4) is 0 Å². The molecule has 0 bridgehead atoms. The van der Waals surface area contributed by atoms with Crippen LogP contribution in [-0.2, 0) is 11.0 Å². The van der Waals surface area contributed by atoms with Gasteiger partial charge in [0.15, 0.2) is 0 Å². The number of nitrogens with zero attached hydrogens (tertiary/aromatic N) is 2. The molecular weight excluding hydrogens is 334 g/mol. The lowest BCUT2D eigenvalue weighted by Gasteiger charge is -2.16. The van der Waals surface area contributed by atoms with Crippen LogP contribution >= 0.6 is 0 Å². The number of rotatable bonds is 3. The zero-order valence-electron chi connectivity index (χ0n) is 13.5. The van der Waals surface area contributed by atoms with Crippen LogP contribution in [0.2, 0.25) is 0 Å². The van der Waals surface area contributed by atoms with Gasteiger partial charge in [0, 0.05) is 47.0 Å². The summed E-state index contributed by atoms with van der Waals surface area (Å²) in [7, 11) is -0.946. The van der Waals surface area contributed by atoms with Crippen molar-refractivity contribution in [1.29, 1.82) is 0 Å². The van der Waals surface area contributed by atoms with Crippen LogP contribution in [0.3, 0.4) is 0 Å². The predicted octanol–water partition coefficient (Wildman–Crippen LogP) is 3.36. The van der Waals surface area contributed by atoms with Crippen molar-refractivity contribution in [2.24, 2.45) is 0 Å². The van der Waals surface area contributed by atoms with E-state index >= 15 is 0 Å². The monoisotopic (exact) mass is 351 g/mol. The third-order valence-corrected chi connectivity index (χ3v) is 5.76. The molecule has 1 atom stereocenters. The van der Waals surface area contributed by atoms with E-state index in [1.807, 2.05) is 40.7 Å². The lowest BCUT2D eigenvalue weighted by Crippen LogP contribution is -2.19. The Labute approximate surface area is 148 Å². The summed E-state index contributed by atoms with van der Waals surface area (Å²) in [6.45, 7) is 0.796. The molecule has 0 saturated carbocycles. The third-order valence-electron chi connectivity index (χ3n) is 4.24. The summed E-state index contributed by atoms with van der Waals surface area (Å²) >= 11 is 0. The van der Waals surface area contributed by atoms with Crippen molar-refractivity contribution < 1.29 is 9.00 Å². The zero-order chi connectivity index (χ0) is 17.2. The molecular formula is C19H17N3O2S. The van der Waals surface area contributed by atoms with Gasteiger partial charge < -0.3 is 5.32 Å². The molecule has 0 aliphatic carbocycles. The highest BCUT2D eigenvalue weighted by molar-refractivity contribution is 7.86. The Kier molecular flexibility index (Phi) is 4.19. The van der Waals surface area contributed by atoms with E-state index in [9.17, 15) is 9.00 Å². The van der Waals surface area contributed by atoms with Crippen LogP contribution in [0.25, 0.3) is 10.8 Å². The number of carbonyl (C=O) groups is 1. The normalized spacial score (nSPS) is 17.0. The van der Waals surface area contributed by atoms with Gasteiger partial charge in [-0.3, -0.25) is 14.1 Å². The first-order valence-electron chi connectivity index (χ1n) is 8.12. The average Bonchev–Trinajstić information content (AvgIpc) is 3.08. The molecule has 126 valence electrons. The van der Waals surface area contributed by atoms with Gasteiger partial charge in [-0.05, 0) is 54.3 Å². The van der Waals surface area contributed by atoms with E-state index in [1.165, 1.54) is 0 Å². The number of anilines is 2. The van der Waals surface area contributed by atoms with Crippen LogP contribution in [0, 0.1) is 0 Å². The minimum atomic E-state index is -0.946. The van der Waals surface area contributed by atoms with Gasteiger partial charge in [-0.2, -0.15) is 0 Å². The number of aromatic nitrogens is 1. The molecule has 4 rings (SSSR count). The molecule has 0 radical (unpaired) electrons. The topological polar surface area (TPSA) is 62.3 Å². The maximum atomic E-state index is 12.5. The van der Waals surface area contributed by atoms with Crippen LogP contribution in [0.15, 0.2) is 60.9 Å². The summed E-state index contributed by atoms with van der Waals surface area (Å²) in [5, 5.41) is 4.97. The number of fused-ring (bicyclic) bond motifs is 1. The Morgan fingerprint density at radius 3 is 2.68 bits per heavy atom. The van der Waals surface area contributed by atoms with Crippen molar-refractivity contribution in [3.63, 3.8) is 0 Å². The molecule has 1 aliphatic rings. The Bertz CT molecular complexity index is 956. The fraction of sp³-hybridized carbons (Fsp3) is 0.158. The highest BCUT2D eigenvalue weighted by Gasteiger charge is 2.20. The summed E-state index contributed by atoms with van der Waals surface area (Å²) in [5.74, 6) is 0.544. The first-order valence-corrected chi connectivity index (χ1v) is 9.39. The number of nitrogens with one attached hydrogen (secondary N) is 1. The lowest BCUT2D eigenvalue weighted by atomic mass is 10.1. The molecule has 25 heavy (non-hydrogen) atoms. The molecule has 1 fully saturated rings. The first kappa shape index (κ1) is 15.8. The molecule has 1 amide bonds. The van der Waals surface area contributed by atoms with E-state index in [4.69, 9.17) is 0 Å². The second-order valence-corrected chi connectivity index (χ2v) is 7.41. The summed E-state index contributed by atoms with van der Waals surface area (Å²) in [4.78, 5) is 16.5. The zero-order valence-corrected chi connectivity index (χ0v) is 14.3. The van der Waals surface area contributed by atoms with Crippen LogP contribution in [0.4, 0.5) is 11.4 Å². The fourth-order valence-electron chi connectivity index (χ4n) is 2.93. The van der Waals surface area contributed by atoms with Crippen LogP contribution in [0.1, 0.15) is 16.8 Å². The number of amides is 1. The molecule has 5 nitrogen and oxygen atoms in total. The molecule has 1 unspecified atom stereocenters. The predicted molar refractivity (Wildman–Crippen MR) is 101 cm³/mol. The van der Waals surface area contributed by atoms with E-state index in [2.05, 4.69) is 10.3 Å². The average molecular weight is 351 g/mol. The first-order chi connectivity index (χ1) is 12.2. The molecule has 0 spiro atoms. The van der Waals surface area contributed by atoms with Gasteiger partial charge in [-0.15, -0.1) is 0 Å². The summed E-state index contributed by atoms with van der Waals surface area (Å²) < 4.78 is 13.8. The maximum Gasteiger partial charge on any atom is 0.255 e. The van der Waals surface area contributed by atoms with E-state index in [0.29, 0.717) is 11.3 Å². The highest BCUT2D eigenvalue weighted by atomic mass is 32.2. The molecule has 1 aliphatic heterocycles. The van der Waals surface area contributed by atoms with Gasteiger partial charge in [-0.1, -0.05) is 6.07 Å². The Hall–Kier alpha value is -2.73. The third kappa shape index (κ3) is 3.25. The Balaban J connectivity index is 1.51. The minimum absolute atomic E-state index is 0.164. The number of hydrogen-bond donors (Lipinski definition) is 1. The van der Waals surface area contributed by atoms with E-state index in [-0.39, 0.29) is 5.91 Å². The van der Waals surface area contributed by atoms with E-state index in [0.717, 1.165) is 35.1 Å². The van der Waals surface area contributed by atoms with Gasteiger partial charge in [-0.25, -0.2) is 4.21 Å². The van der Waals surface area contributed by atoms with Crippen LogP contribution < -0.4 is 9.62 Å². The summed E-state index contributed by atoms with van der Waals surface area (Å²) in [5.41, 5.74) is 2.21. The second-order valence-electron chi connectivity index (χ2n) is 5.92. The number of benzene rings is 2. The van der Waals surface area contributed by atoms with Crippen molar-refractivity contribution >= 4 is 39.0 Å².